The van der Waals surface area contributed by atoms with E-state index in [2.05, 4.69) is 13.0 Å². The van der Waals surface area contributed by atoms with Crippen molar-refractivity contribution >= 4 is 22.1 Å². The lowest BCUT2D eigenvalue weighted by atomic mass is 10.4. The van der Waals surface area contributed by atoms with Crippen LogP contribution in [-0.2, 0) is 28.6 Å². The molecule has 0 amide bonds. The van der Waals surface area contributed by atoms with Gasteiger partial charge in [-0.05, 0) is 12.5 Å². The van der Waals surface area contributed by atoms with E-state index in [-0.39, 0.29) is 0 Å². The summed E-state index contributed by atoms with van der Waals surface area (Å²) in [4.78, 5) is 3.48. The van der Waals surface area contributed by atoms with E-state index in [1.165, 1.54) is 4.88 Å². The van der Waals surface area contributed by atoms with Crippen LogP contribution >= 0.6 is 11.3 Å². The van der Waals surface area contributed by atoms with Gasteiger partial charge in [-0.1, -0.05) is 20.8 Å². The lowest BCUT2D eigenvalue weighted by Crippen LogP contribution is -2.00. The molecule has 0 fully saturated rings. The summed E-state index contributed by atoms with van der Waals surface area (Å²) in [7, 11) is -0.828. The number of ether oxygens (including phenoxy) is 1. The van der Waals surface area contributed by atoms with Crippen LogP contribution < -0.4 is 0 Å². The highest BCUT2D eigenvalue weighted by molar-refractivity contribution is 7.85. The predicted molar refractivity (Wildman–Crippen MR) is 66.0 cm³/mol. The van der Waals surface area contributed by atoms with Crippen LogP contribution in [0.25, 0.3) is 0 Å². The molecule has 1 aliphatic heterocycles. The standard InChI is InChI=1S/C9H12O2S2.C2H6/c1-2-7-5-9-8(12-7)6-11-3-4-13(9)10;1-2/h5H,2-4,6H2,1H3;1-2H3. The van der Waals surface area contributed by atoms with E-state index in [4.69, 9.17) is 4.74 Å². The molecule has 0 bridgehead atoms. The van der Waals surface area contributed by atoms with Crippen molar-refractivity contribution in [3.8, 4) is 0 Å². The third kappa shape index (κ3) is 3.13. The molecule has 0 N–H and O–H groups in total. The van der Waals surface area contributed by atoms with Gasteiger partial charge in [-0.15, -0.1) is 11.3 Å². The Morgan fingerprint density at radius 1 is 1.53 bits per heavy atom. The Morgan fingerprint density at radius 3 is 2.93 bits per heavy atom. The largest absolute Gasteiger partial charge is 0.375 e. The highest BCUT2D eigenvalue weighted by Gasteiger charge is 2.17. The molecule has 0 saturated heterocycles. The third-order valence-electron chi connectivity index (χ3n) is 2.06. The molecule has 2 heterocycles. The van der Waals surface area contributed by atoms with Crippen LogP contribution in [0.2, 0.25) is 0 Å². The van der Waals surface area contributed by atoms with Gasteiger partial charge in [0.25, 0.3) is 0 Å². The third-order valence-corrected chi connectivity index (χ3v) is 4.84. The smallest absolute Gasteiger partial charge is 0.0822 e. The Balaban J connectivity index is 0.000000531. The van der Waals surface area contributed by atoms with Gasteiger partial charge in [0.15, 0.2) is 0 Å². The van der Waals surface area contributed by atoms with Crippen molar-refractivity contribution in [2.24, 2.45) is 0 Å². The predicted octanol–water partition coefficient (Wildman–Crippen LogP) is 2.97. The van der Waals surface area contributed by atoms with Crippen molar-refractivity contribution in [2.75, 3.05) is 12.4 Å². The van der Waals surface area contributed by atoms with Crippen LogP contribution in [-0.4, -0.2) is 16.6 Å². The highest BCUT2D eigenvalue weighted by atomic mass is 32.2. The Morgan fingerprint density at radius 2 is 2.27 bits per heavy atom. The van der Waals surface area contributed by atoms with Crippen LogP contribution in [0.3, 0.4) is 0 Å². The van der Waals surface area contributed by atoms with Crippen LogP contribution in [0, 0.1) is 0 Å². The average Bonchev–Trinajstić information content (AvgIpc) is 2.63. The zero-order valence-corrected chi connectivity index (χ0v) is 11.2. The van der Waals surface area contributed by atoms with Gasteiger partial charge < -0.3 is 4.74 Å². The lowest BCUT2D eigenvalue weighted by molar-refractivity contribution is 0.139. The van der Waals surface area contributed by atoms with Gasteiger partial charge in [-0.3, -0.25) is 4.21 Å². The van der Waals surface area contributed by atoms with E-state index >= 15 is 0 Å². The van der Waals surface area contributed by atoms with Gasteiger partial charge in [-0.2, -0.15) is 0 Å². The summed E-state index contributed by atoms with van der Waals surface area (Å²) in [5, 5.41) is 0. The summed E-state index contributed by atoms with van der Waals surface area (Å²) in [5.41, 5.74) is 0. The minimum absolute atomic E-state index is 0.621. The van der Waals surface area contributed by atoms with E-state index < -0.39 is 10.8 Å². The number of hydrogen-bond acceptors (Lipinski definition) is 3. The summed E-state index contributed by atoms with van der Waals surface area (Å²) >= 11 is 1.73. The molecule has 0 aromatic carbocycles. The topological polar surface area (TPSA) is 26.3 Å². The number of fused-ring (bicyclic) bond motifs is 1. The molecule has 1 aliphatic rings. The molecule has 0 spiro atoms. The van der Waals surface area contributed by atoms with Crippen LogP contribution in [0.5, 0.6) is 0 Å². The molecule has 1 aromatic heterocycles. The number of rotatable bonds is 1. The normalized spacial score (nSPS) is 19.8. The van der Waals surface area contributed by atoms with E-state index in [9.17, 15) is 4.21 Å². The average molecular weight is 246 g/mol. The van der Waals surface area contributed by atoms with Crippen LogP contribution in [0.1, 0.15) is 30.5 Å². The molecule has 0 radical (unpaired) electrons. The zero-order chi connectivity index (χ0) is 11.3. The molecular formula is C11H18O2S2. The van der Waals surface area contributed by atoms with E-state index in [0.717, 1.165) is 16.2 Å². The molecule has 2 rings (SSSR count). The SMILES string of the molecule is CC.CCc1cc2c(s1)COCCS2=O. The second-order valence-electron chi connectivity index (χ2n) is 2.96. The molecule has 0 saturated carbocycles. The maximum absolute atomic E-state index is 11.7. The molecule has 1 aromatic rings. The number of thiophene rings is 1. The monoisotopic (exact) mass is 246 g/mol. The Bertz CT molecular complexity index is 331. The van der Waals surface area contributed by atoms with Crippen LogP contribution in [0.15, 0.2) is 11.0 Å². The fourth-order valence-corrected chi connectivity index (χ4v) is 3.84. The van der Waals surface area contributed by atoms with Crippen LogP contribution in [0.4, 0.5) is 0 Å². The Kier molecular flexibility index (Phi) is 5.50. The molecule has 2 nitrogen and oxygen atoms in total. The second-order valence-corrected chi connectivity index (χ2v) is 5.72. The van der Waals surface area contributed by atoms with Crippen molar-refractivity contribution in [2.45, 2.75) is 38.7 Å². The Labute approximate surface area is 98.1 Å². The first-order chi connectivity index (χ1) is 7.31. The first-order valence-electron chi connectivity index (χ1n) is 5.39. The second kappa shape index (κ2) is 6.40. The summed E-state index contributed by atoms with van der Waals surface area (Å²) in [6.07, 6.45) is 1.02. The van der Waals surface area contributed by atoms with Gasteiger partial charge in [0.2, 0.25) is 0 Å². The van der Waals surface area contributed by atoms with Gasteiger partial charge >= 0.3 is 0 Å². The molecule has 0 aliphatic carbocycles. The van der Waals surface area contributed by atoms with Gasteiger partial charge in [0.1, 0.15) is 0 Å². The van der Waals surface area contributed by atoms with Crippen molar-refractivity contribution in [3.63, 3.8) is 0 Å². The highest BCUT2D eigenvalue weighted by Crippen LogP contribution is 2.28. The van der Waals surface area contributed by atoms with Crippen molar-refractivity contribution in [1.29, 1.82) is 0 Å². The van der Waals surface area contributed by atoms with E-state index in [1.807, 2.05) is 13.8 Å². The summed E-state index contributed by atoms with van der Waals surface area (Å²) < 4.78 is 17.0. The summed E-state index contributed by atoms with van der Waals surface area (Å²) in [6, 6.07) is 2.07. The molecule has 86 valence electrons. The minimum atomic E-state index is -0.828. The quantitative estimate of drug-likeness (QED) is 0.761. The zero-order valence-electron chi connectivity index (χ0n) is 9.54. The molecular weight excluding hydrogens is 228 g/mol. The van der Waals surface area contributed by atoms with Crippen molar-refractivity contribution < 1.29 is 8.95 Å². The maximum atomic E-state index is 11.7. The summed E-state index contributed by atoms with van der Waals surface area (Å²) in [6.45, 7) is 7.39. The lowest BCUT2D eigenvalue weighted by Gasteiger charge is -1.94. The fraction of sp³-hybridized carbons (Fsp3) is 0.636. The molecule has 15 heavy (non-hydrogen) atoms. The van der Waals surface area contributed by atoms with Crippen molar-refractivity contribution in [1.82, 2.24) is 0 Å². The minimum Gasteiger partial charge on any atom is -0.375 e. The van der Waals surface area contributed by atoms with Gasteiger partial charge in [-0.25, -0.2) is 0 Å². The number of hydrogen-bond donors (Lipinski definition) is 0. The molecule has 1 atom stereocenters. The fourth-order valence-electron chi connectivity index (χ4n) is 1.34. The Hall–Kier alpha value is -0.190. The van der Waals surface area contributed by atoms with Crippen molar-refractivity contribution in [3.05, 3.63) is 15.8 Å². The van der Waals surface area contributed by atoms with Gasteiger partial charge in [0.05, 0.1) is 34.7 Å². The first kappa shape index (κ1) is 12.9. The number of aryl methyl sites for hydroxylation is 1. The molecule has 1 unspecified atom stereocenters. The van der Waals surface area contributed by atoms with E-state index in [1.54, 1.807) is 11.3 Å². The first-order valence-corrected chi connectivity index (χ1v) is 7.52. The summed E-state index contributed by atoms with van der Waals surface area (Å²) in [5.74, 6) is 0.646. The maximum Gasteiger partial charge on any atom is 0.0822 e. The van der Waals surface area contributed by atoms with Gasteiger partial charge in [0, 0.05) is 9.75 Å². The molecule has 4 heteroatoms. The van der Waals surface area contributed by atoms with E-state index in [0.29, 0.717) is 19.0 Å².